The number of fused-ring (bicyclic) bond motifs is 1. The van der Waals surface area contributed by atoms with Crippen molar-refractivity contribution in [2.45, 2.75) is 57.9 Å². The van der Waals surface area contributed by atoms with Crippen LogP contribution in [0.5, 0.6) is 0 Å². The van der Waals surface area contributed by atoms with Crippen molar-refractivity contribution in [3.05, 3.63) is 11.6 Å². The highest BCUT2D eigenvalue weighted by Crippen LogP contribution is 2.56. The minimum Gasteiger partial charge on any atom is -0.310 e. The molecule has 0 aromatic rings. The van der Waals surface area contributed by atoms with E-state index in [-0.39, 0.29) is 0 Å². The Hall–Kier alpha value is -0.300. The van der Waals surface area contributed by atoms with Crippen LogP contribution >= 0.6 is 0 Å². The standard InChI is InChI=1S/C15H25N/c1-2-7-16-15(11-5-3-4-6-11)14-9-12-8-13(12)10-14/h5,12-16H,2-4,6-10H2,1H3. The van der Waals surface area contributed by atoms with E-state index in [1.54, 1.807) is 12.0 Å². The van der Waals surface area contributed by atoms with Gasteiger partial charge in [-0.2, -0.15) is 0 Å². The van der Waals surface area contributed by atoms with Gasteiger partial charge in [-0.15, -0.1) is 0 Å². The van der Waals surface area contributed by atoms with Crippen molar-refractivity contribution in [1.82, 2.24) is 5.32 Å². The SMILES string of the molecule is CCCNC(C1=CCCC1)C1CC2CC2C1. The Morgan fingerprint density at radius 1 is 1.31 bits per heavy atom. The van der Waals surface area contributed by atoms with Crippen molar-refractivity contribution in [1.29, 1.82) is 0 Å². The highest BCUT2D eigenvalue weighted by molar-refractivity contribution is 5.18. The van der Waals surface area contributed by atoms with E-state index in [0.29, 0.717) is 0 Å². The molecule has 1 nitrogen and oxygen atoms in total. The minimum absolute atomic E-state index is 0.746. The van der Waals surface area contributed by atoms with Gasteiger partial charge < -0.3 is 5.32 Å². The number of rotatable bonds is 5. The average Bonchev–Trinajstić information content (AvgIpc) is 2.73. The van der Waals surface area contributed by atoms with E-state index in [0.717, 1.165) is 23.8 Å². The summed E-state index contributed by atoms with van der Waals surface area (Å²) in [5.74, 6) is 3.22. The first-order valence-electron chi connectivity index (χ1n) is 7.30. The molecule has 3 aliphatic carbocycles. The summed E-state index contributed by atoms with van der Waals surface area (Å²) in [6.07, 6.45) is 12.5. The molecule has 0 amide bonds. The van der Waals surface area contributed by atoms with Crippen molar-refractivity contribution in [2.75, 3.05) is 6.54 Å². The highest BCUT2D eigenvalue weighted by Gasteiger charge is 2.48. The topological polar surface area (TPSA) is 12.0 Å². The summed E-state index contributed by atoms with van der Waals surface area (Å²) in [7, 11) is 0. The average molecular weight is 219 g/mol. The number of hydrogen-bond donors (Lipinski definition) is 1. The van der Waals surface area contributed by atoms with E-state index in [1.165, 1.54) is 45.1 Å². The molecule has 90 valence electrons. The summed E-state index contributed by atoms with van der Waals surface area (Å²) in [4.78, 5) is 0. The summed E-state index contributed by atoms with van der Waals surface area (Å²) in [5.41, 5.74) is 1.75. The van der Waals surface area contributed by atoms with E-state index in [1.807, 2.05) is 0 Å². The summed E-state index contributed by atoms with van der Waals surface area (Å²) < 4.78 is 0. The molecule has 3 rings (SSSR count). The molecule has 2 saturated carbocycles. The molecule has 0 aromatic heterocycles. The molecule has 16 heavy (non-hydrogen) atoms. The third kappa shape index (κ3) is 2.07. The summed E-state index contributed by atoms with van der Waals surface area (Å²) >= 11 is 0. The van der Waals surface area contributed by atoms with Gasteiger partial charge >= 0.3 is 0 Å². The van der Waals surface area contributed by atoms with Crippen LogP contribution in [0.3, 0.4) is 0 Å². The zero-order chi connectivity index (χ0) is 11.0. The molecule has 2 fully saturated rings. The number of hydrogen-bond acceptors (Lipinski definition) is 1. The number of nitrogens with one attached hydrogen (secondary N) is 1. The minimum atomic E-state index is 0.746. The maximum atomic E-state index is 3.83. The van der Waals surface area contributed by atoms with E-state index in [2.05, 4.69) is 18.3 Å². The second kappa shape index (κ2) is 4.52. The van der Waals surface area contributed by atoms with Crippen LogP contribution in [0.2, 0.25) is 0 Å². The lowest BCUT2D eigenvalue weighted by atomic mass is 9.88. The van der Waals surface area contributed by atoms with Crippen molar-refractivity contribution in [3.63, 3.8) is 0 Å². The van der Waals surface area contributed by atoms with Crippen LogP contribution in [0.25, 0.3) is 0 Å². The van der Waals surface area contributed by atoms with Crippen LogP contribution in [-0.2, 0) is 0 Å². The molecule has 1 heteroatoms. The Morgan fingerprint density at radius 3 is 2.75 bits per heavy atom. The first kappa shape index (κ1) is 10.8. The molecule has 0 saturated heterocycles. The van der Waals surface area contributed by atoms with Crippen molar-refractivity contribution < 1.29 is 0 Å². The van der Waals surface area contributed by atoms with E-state index in [9.17, 15) is 0 Å². The van der Waals surface area contributed by atoms with Gasteiger partial charge in [0.15, 0.2) is 0 Å². The van der Waals surface area contributed by atoms with Crippen LogP contribution in [0, 0.1) is 17.8 Å². The van der Waals surface area contributed by atoms with Crippen molar-refractivity contribution >= 4 is 0 Å². The van der Waals surface area contributed by atoms with Crippen LogP contribution in [-0.4, -0.2) is 12.6 Å². The van der Waals surface area contributed by atoms with Crippen LogP contribution in [0.4, 0.5) is 0 Å². The van der Waals surface area contributed by atoms with Gasteiger partial charge in [0, 0.05) is 6.04 Å². The lowest BCUT2D eigenvalue weighted by molar-refractivity contribution is 0.366. The molecule has 1 N–H and O–H groups in total. The Bertz CT molecular complexity index is 271. The van der Waals surface area contributed by atoms with E-state index >= 15 is 0 Å². The van der Waals surface area contributed by atoms with Gasteiger partial charge in [-0.25, -0.2) is 0 Å². The lowest BCUT2D eigenvalue weighted by Crippen LogP contribution is -2.37. The van der Waals surface area contributed by atoms with Gasteiger partial charge in [0.2, 0.25) is 0 Å². The smallest absolute Gasteiger partial charge is 0.0308 e. The Balaban J connectivity index is 1.63. The molecule has 0 spiro atoms. The van der Waals surface area contributed by atoms with Crippen molar-refractivity contribution in [3.8, 4) is 0 Å². The normalized spacial score (nSPS) is 38.3. The number of allylic oxidation sites excluding steroid dienone is 1. The summed E-state index contributed by atoms with van der Waals surface area (Å²) in [6, 6.07) is 0.746. The van der Waals surface area contributed by atoms with Gasteiger partial charge in [-0.3, -0.25) is 0 Å². The summed E-state index contributed by atoms with van der Waals surface area (Å²) in [5, 5.41) is 3.83. The van der Waals surface area contributed by atoms with Crippen LogP contribution in [0.15, 0.2) is 11.6 Å². The monoisotopic (exact) mass is 219 g/mol. The maximum absolute atomic E-state index is 3.83. The first-order chi connectivity index (χ1) is 7.88. The fourth-order valence-electron chi connectivity index (χ4n) is 3.91. The fraction of sp³-hybridized carbons (Fsp3) is 0.867. The quantitative estimate of drug-likeness (QED) is 0.698. The largest absolute Gasteiger partial charge is 0.310 e. The van der Waals surface area contributed by atoms with Gasteiger partial charge in [-0.1, -0.05) is 18.6 Å². The maximum Gasteiger partial charge on any atom is 0.0308 e. The van der Waals surface area contributed by atoms with Gasteiger partial charge in [0.25, 0.3) is 0 Å². The summed E-state index contributed by atoms with van der Waals surface area (Å²) in [6.45, 7) is 3.48. The zero-order valence-electron chi connectivity index (χ0n) is 10.5. The molecule has 0 radical (unpaired) electrons. The second-order valence-electron chi connectivity index (χ2n) is 6.09. The zero-order valence-corrected chi connectivity index (χ0v) is 10.5. The van der Waals surface area contributed by atoms with E-state index < -0.39 is 0 Å². The van der Waals surface area contributed by atoms with Crippen LogP contribution < -0.4 is 5.32 Å². The Morgan fingerprint density at radius 2 is 2.12 bits per heavy atom. The van der Waals surface area contributed by atoms with E-state index in [4.69, 9.17) is 0 Å². The van der Waals surface area contributed by atoms with Gasteiger partial charge in [-0.05, 0) is 69.2 Å². The third-order valence-electron chi connectivity index (χ3n) is 4.84. The predicted octanol–water partition coefficient (Wildman–Crippen LogP) is 3.51. The molecule has 3 atom stereocenters. The third-order valence-corrected chi connectivity index (χ3v) is 4.84. The highest BCUT2D eigenvalue weighted by atomic mass is 14.9. The lowest BCUT2D eigenvalue weighted by Gasteiger charge is -2.27. The first-order valence-corrected chi connectivity index (χ1v) is 7.30. The second-order valence-corrected chi connectivity index (χ2v) is 6.09. The van der Waals surface area contributed by atoms with Gasteiger partial charge in [0.05, 0.1) is 0 Å². The molecule has 0 aromatic carbocycles. The van der Waals surface area contributed by atoms with Crippen molar-refractivity contribution in [2.24, 2.45) is 17.8 Å². The Labute approximate surface area is 99.7 Å². The van der Waals surface area contributed by atoms with Crippen LogP contribution in [0.1, 0.15) is 51.9 Å². The molecule has 0 heterocycles. The molecule has 0 bridgehead atoms. The fourth-order valence-corrected chi connectivity index (χ4v) is 3.91. The molecule has 3 unspecified atom stereocenters. The molecular weight excluding hydrogens is 194 g/mol. The predicted molar refractivity (Wildman–Crippen MR) is 68.3 cm³/mol. The molecular formula is C15H25N. The Kier molecular flexibility index (Phi) is 3.06. The molecule has 3 aliphatic rings. The molecule has 0 aliphatic heterocycles. The van der Waals surface area contributed by atoms with Gasteiger partial charge in [0.1, 0.15) is 0 Å².